The average molecular weight is 232 g/mol. The van der Waals surface area contributed by atoms with Gasteiger partial charge in [-0.1, -0.05) is 24.3 Å². The molecule has 0 amide bonds. The smallest absolute Gasteiger partial charge is 0.0332 e. The fraction of sp³-hybridized carbons (Fsp3) is 0.600. The molecule has 0 bridgehead atoms. The van der Waals surface area contributed by atoms with Gasteiger partial charge < -0.3 is 10.2 Å². The first-order valence-electron chi connectivity index (χ1n) is 6.65. The molecule has 1 atom stereocenters. The first kappa shape index (κ1) is 12.6. The van der Waals surface area contributed by atoms with Gasteiger partial charge in [-0.25, -0.2) is 0 Å². The predicted molar refractivity (Wildman–Crippen MR) is 73.2 cm³/mol. The first-order valence-corrected chi connectivity index (χ1v) is 6.65. The van der Waals surface area contributed by atoms with Crippen LogP contribution >= 0.6 is 0 Å². The highest BCUT2D eigenvalue weighted by Gasteiger charge is 2.26. The number of nitrogens with zero attached hydrogens (tertiary/aromatic N) is 1. The van der Waals surface area contributed by atoms with Gasteiger partial charge in [0.1, 0.15) is 0 Å². The summed E-state index contributed by atoms with van der Waals surface area (Å²) in [7, 11) is 4.32. The Bertz CT molecular complexity index is 358. The third-order valence-corrected chi connectivity index (χ3v) is 3.85. The second-order valence-electron chi connectivity index (χ2n) is 5.20. The third kappa shape index (κ3) is 3.30. The summed E-state index contributed by atoms with van der Waals surface area (Å²) >= 11 is 0. The summed E-state index contributed by atoms with van der Waals surface area (Å²) in [6, 6.07) is 10.0. The van der Waals surface area contributed by atoms with E-state index in [2.05, 4.69) is 55.5 Å². The van der Waals surface area contributed by atoms with Crippen molar-refractivity contribution in [1.29, 1.82) is 0 Å². The molecule has 2 nitrogen and oxygen atoms in total. The molecule has 17 heavy (non-hydrogen) atoms. The Kier molecular flexibility index (Phi) is 4.19. The number of hydrogen-bond donors (Lipinski definition) is 1. The van der Waals surface area contributed by atoms with Gasteiger partial charge in [0.15, 0.2) is 0 Å². The summed E-state index contributed by atoms with van der Waals surface area (Å²) in [6.45, 7) is 3.38. The monoisotopic (exact) mass is 232 g/mol. The summed E-state index contributed by atoms with van der Waals surface area (Å²) in [6.07, 6.45) is 3.98. The molecule has 0 saturated heterocycles. The Labute approximate surface area is 105 Å². The number of aryl methyl sites for hydroxylation is 1. The van der Waals surface area contributed by atoms with Crippen LogP contribution in [0, 0.1) is 6.92 Å². The fourth-order valence-electron chi connectivity index (χ4n) is 2.46. The van der Waals surface area contributed by atoms with Crippen molar-refractivity contribution in [1.82, 2.24) is 10.2 Å². The largest absolute Gasteiger partial charge is 0.313 e. The van der Waals surface area contributed by atoms with Gasteiger partial charge in [-0.3, -0.25) is 0 Å². The molecule has 1 fully saturated rings. The fourth-order valence-corrected chi connectivity index (χ4v) is 2.46. The van der Waals surface area contributed by atoms with E-state index in [0.29, 0.717) is 6.04 Å². The molecular formula is C15H24N2. The van der Waals surface area contributed by atoms with Gasteiger partial charge in [-0.05, 0) is 58.0 Å². The van der Waals surface area contributed by atoms with Crippen molar-refractivity contribution in [3.05, 3.63) is 35.4 Å². The van der Waals surface area contributed by atoms with Gasteiger partial charge in [-0.15, -0.1) is 0 Å². The molecular weight excluding hydrogens is 208 g/mol. The molecule has 1 aliphatic carbocycles. The van der Waals surface area contributed by atoms with Gasteiger partial charge >= 0.3 is 0 Å². The summed E-state index contributed by atoms with van der Waals surface area (Å²) in [5, 5.41) is 3.45. The molecule has 1 aromatic carbocycles. The average Bonchev–Trinajstić information content (AvgIpc) is 3.15. The maximum Gasteiger partial charge on any atom is 0.0332 e. The normalized spacial score (nSPS) is 17.4. The first-order chi connectivity index (χ1) is 8.22. The second-order valence-corrected chi connectivity index (χ2v) is 5.20. The summed E-state index contributed by atoms with van der Waals surface area (Å²) in [4.78, 5) is 2.50. The molecule has 1 aromatic rings. The number of hydrogen-bond acceptors (Lipinski definition) is 2. The molecule has 0 heterocycles. The van der Waals surface area contributed by atoms with Gasteiger partial charge in [-0.2, -0.15) is 0 Å². The highest BCUT2D eigenvalue weighted by atomic mass is 15.1. The van der Waals surface area contributed by atoms with Crippen LogP contribution in [0.4, 0.5) is 0 Å². The van der Waals surface area contributed by atoms with Crippen LogP contribution in [0.5, 0.6) is 0 Å². The molecule has 1 aliphatic rings. The van der Waals surface area contributed by atoms with E-state index in [1.54, 1.807) is 0 Å². The molecule has 1 unspecified atom stereocenters. The summed E-state index contributed by atoms with van der Waals surface area (Å²) < 4.78 is 0. The minimum absolute atomic E-state index is 0.484. The van der Waals surface area contributed by atoms with Crippen molar-refractivity contribution in [2.75, 3.05) is 20.6 Å². The predicted octanol–water partition coefficient (Wildman–Crippen LogP) is 2.74. The van der Waals surface area contributed by atoms with Crippen LogP contribution in [0.1, 0.15) is 36.4 Å². The van der Waals surface area contributed by atoms with Crippen molar-refractivity contribution in [3.63, 3.8) is 0 Å². The number of nitrogens with one attached hydrogen (secondary N) is 1. The number of rotatable bonds is 6. The van der Waals surface area contributed by atoms with Crippen LogP contribution in [-0.4, -0.2) is 31.6 Å². The van der Waals surface area contributed by atoms with Gasteiger partial charge in [0, 0.05) is 12.1 Å². The number of benzene rings is 1. The van der Waals surface area contributed by atoms with Gasteiger partial charge in [0.25, 0.3) is 0 Å². The zero-order valence-electron chi connectivity index (χ0n) is 11.2. The molecule has 1 N–H and O–H groups in total. The van der Waals surface area contributed by atoms with Crippen LogP contribution in [-0.2, 0) is 0 Å². The molecule has 0 aromatic heterocycles. The molecule has 2 heteroatoms. The zero-order chi connectivity index (χ0) is 12.3. The molecule has 2 rings (SSSR count). The zero-order valence-corrected chi connectivity index (χ0v) is 11.2. The van der Waals surface area contributed by atoms with E-state index in [-0.39, 0.29) is 0 Å². The topological polar surface area (TPSA) is 15.3 Å². The Balaban J connectivity index is 1.93. The van der Waals surface area contributed by atoms with E-state index in [9.17, 15) is 0 Å². The lowest BCUT2D eigenvalue weighted by molar-refractivity contribution is 0.301. The Morgan fingerprint density at radius 2 is 2.06 bits per heavy atom. The molecule has 94 valence electrons. The lowest BCUT2D eigenvalue weighted by Gasteiger charge is -2.22. The van der Waals surface area contributed by atoms with E-state index in [4.69, 9.17) is 0 Å². The van der Waals surface area contributed by atoms with E-state index in [1.807, 2.05) is 0 Å². The van der Waals surface area contributed by atoms with Crippen LogP contribution in [0.2, 0.25) is 0 Å². The quantitative estimate of drug-likeness (QED) is 0.811. The minimum Gasteiger partial charge on any atom is -0.313 e. The standard InChI is InChI=1S/C15H24N2/c1-12-6-4-5-7-14(12)15(16-2)10-11-17(3)13-8-9-13/h4-7,13,15-16H,8-11H2,1-3H3. The lowest BCUT2D eigenvalue weighted by atomic mass is 9.99. The van der Waals surface area contributed by atoms with Crippen molar-refractivity contribution in [2.45, 2.75) is 38.3 Å². The van der Waals surface area contributed by atoms with Crippen LogP contribution in [0.3, 0.4) is 0 Å². The SMILES string of the molecule is CNC(CCN(C)C1CC1)c1ccccc1C. The summed E-state index contributed by atoms with van der Waals surface area (Å²) in [5.41, 5.74) is 2.83. The van der Waals surface area contributed by atoms with Crippen LogP contribution in [0.15, 0.2) is 24.3 Å². The maximum atomic E-state index is 3.45. The van der Waals surface area contributed by atoms with Crippen molar-refractivity contribution < 1.29 is 0 Å². The van der Waals surface area contributed by atoms with Crippen molar-refractivity contribution >= 4 is 0 Å². The van der Waals surface area contributed by atoms with E-state index in [0.717, 1.165) is 6.04 Å². The Morgan fingerprint density at radius 1 is 1.35 bits per heavy atom. The third-order valence-electron chi connectivity index (χ3n) is 3.85. The van der Waals surface area contributed by atoms with E-state index < -0.39 is 0 Å². The minimum atomic E-state index is 0.484. The Hall–Kier alpha value is -0.860. The summed E-state index contributed by atoms with van der Waals surface area (Å²) in [5.74, 6) is 0. The van der Waals surface area contributed by atoms with Crippen molar-refractivity contribution in [2.24, 2.45) is 0 Å². The highest BCUT2D eigenvalue weighted by molar-refractivity contribution is 5.28. The maximum absolute atomic E-state index is 3.45. The van der Waals surface area contributed by atoms with Gasteiger partial charge in [0.05, 0.1) is 0 Å². The molecule has 1 saturated carbocycles. The van der Waals surface area contributed by atoms with Crippen LogP contribution in [0.25, 0.3) is 0 Å². The van der Waals surface area contributed by atoms with Crippen molar-refractivity contribution in [3.8, 4) is 0 Å². The molecule has 0 spiro atoms. The van der Waals surface area contributed by atoms with E-state index in [1.165, 1.54) is 36.9 Å². The molecule has 0 aliphatic heterocycles. The van der Waals surface area contributed by atoms with E-state index >= 15 is 0 Å². The lowest BCUT2D eigenvalue weighted by Crippen LogP contribution is -2.27. The van der Waals surface area contributed by atoms with Crippen LogP contribution < -0.4 is 5.32 Å². The highest BCUT2D eigenvalue weighted by Crippen LogP contribution is 2.27. The second kappa shape index (κ2) is 5.65. The Morgan fingerprint density at radius 3 is 2.65 bits per heavy atom. The molecule has 0 radical (unpaired) electrons. The van der Waals surface area contributed by atoms with Gasteiger partial charge in [0.2, 0.25) is 0 Å².